The van der Waals surface area contributed by atoms with Gasteiger partial charge in [0.2, 0.25) is 0 Å². The van der Waals surface area contributed by atoms with Crippen LogP contribution in [0.15, 0.2) is 24.3 Å². The van der Waals surface area contributed by atoms with Gasteiger partial charge in [-0.25, -0.2) is 0 Å². The molecule has 0 aliphatic heterocycles. The Labute approximate surface area is 115 Å². The second kappa shape index (κ2) is 7.45. The van der Waals surface area contributed by atoms with Crippen LogP contribution in [0, 0.1) is 18.3 Å². The molecule has 0 aliphatic carbocycles. The fraction of sp³-hybridized carbons (Fsp3) is 0.500. The number of rotatable bonds is 7. The molecule has 1 N–H and O–H groups in total. The third-order valence-corrected chi connectivity index (χ3v) is 4.88. The predicted molar refractivity (Wildman–Crippen MR) is 77.4 cm³/mol. The van der Waals surface area contributed by atoms with Crippen LogP contribution in [0.5, 0.6) is 0 Å². The number of hydrogen-bond acceptors (Lipinski definition) is 4. The molecule has 1 aromatic carbocycles. The van der Waals surface area contributed by atoms with Crippen molar-refractivity contribution in [3.8, 4) is 6.07 Å². The summed E-state index contributed by atoms with van der Waals surface area (Å²) in [5, 5.41) is 12.2. The van der Waals surface area contributed by atoms with Gasteiger partial charge in [0.25, 0.3) is 0 Å². The molecule has 0 saturated heterocycles. The number of nitriles is 1. The predicted octanol–water partition coefficient (Wildman–Crippen LogP) is 2.92. The third kappa shape index (κ3) is 6.02. The molecule has 0 heterocycles. The highest BCUT2D eigenvalue weighted by atomic mass is 31.2. The van der Waals surface area contributed by atoms with Crippen molar-refractivity contribution >= 4 is 7.37 Å². The van der Waals surface area contributed by atoms with Crippen LogP contribution in [0.25, 0.3) is 0 Å². The summed E-state index contributed by atoms with van der Waals surface area (Å²) in [6.45, 7) is 4.28. The lowest BCUT2D eigenvalue weighted by molar-refractivity contribution is 0.395. The molecule has 0 bridgehead atoms. The number of aryl methyl sites for hydroxylation is 1. The van der Waals surface area contributed by atoms with Crippen LogP contribution < -0.4 is 5.32 Å². The van der Waals surface area contributed by atoms with Gasteiger partial charge in [0.1, 0.15) is 0 Å². The van der Waals surface area contributed by atoms with Crippen LogP contribution in [0.1, 0.15) is 17.5 Å². The molecule has 0 saturated carbocycles. The van der Waals surface area contributed by atoms with E-state index < -0.39 is 7.37 Å². The molecule has 1 aromatic rings. The Morgan fingerprint density at radius 3 is 2.58 bits per heavy atom. The average molecular weight is 280 g/mol. The van der Waals surface area contributed by atoms with Gasteiger partial charge in [-0.05, 0) is 18.9 Å². The van der Waals surface area contributed by atoms with Gasteiger partial charge in [0, 0.05) is 26.5 Å². The second-order valence-electron chi connectivity index (χ2n) is 4.76. The van der Waals surface area contributed by atoms with E-state index in [4.69, 9.17) is 9.79 Å². The minimum Gasteiger partial charge on any atom is -0.332 e. The number of benzene rings is 1. The summed E-state index contributed by atoms with van der Waals surface area (Å²) in [6.07, 6.45) is 0.951. The van der Waals surface area contributed by atoms with Crippen molar-refractivity contribution in [2.45, 2.75) is 25.9 Å². The molecule has 5 heteroatoms. The van der Waals surface area contributed by atoms with Gasteiger partial charge in [-0.2, -0.15) is 5.26 Å². The maximum Gasteiger partial charge on any atom is 0.200 e. The monoisotopic (exact) mass is 280 g/mol. The van der Waals surface area contributed by atoms with Crippen molar-refractivity contribution in [3.05, 3.63) is 35.4 Å². The molecule has 1 rings (SSSR count). The molecule has 0 amide bonds. The van der Waals surface area contributed by atoms with Crippen molar-refractivity contribution in [2.75, 3.05) is 19.9 Å². The molecule has 104 valence electrons. The molecule has 0 aliphatic rings. The highest BCUT2D eigenvalue weighted by Crippen LogP contribution is 2.41. The van der Waals surface area contributed by atoms with E-state index in [1.165, 1.54) is 12.7 Å². The van der Waals surface area contributed by atoms with Crippen LogP contribution in [0.3, 0.4) is 0 Å². The van der Waals surface area contributed by atoms with E-state index in [0.29, 0.717) is 19.1 Å². The van der Waals surface area contributed by atoms with E-state index in [1.54, 1.807) is 6.66 Å². The van der Waals surface area contributed by atoms with Crippen LogP contribution in [-0.4, -0.2) is 26.0 Å². The summed E-state index contributed by atoms with van der Waals surface area (Å²) in [7, 11) is -1.09. The van der Waals surface area contributed by atoms with Crippen LogP contribution >= 0.6 is 7.37 Å². The molecule has 0 fully saturated rings. The van der Waals surface area contributed by atoms with E-state index in [2.05, 4.69) is 11.4 Å². The first-order valence-corrected chi connectivity index (χ1v) is 8.53. The highest BCUT2D eigenvalue weighted by Gasteiger charge is 2.17. The van der Waals surface area contributed by atoms with Gasteiger partial charge >= 0.3 is 0 Å². The van der Waals surface area contributed by atoms with Gasteiger partial charge in [0.15, 0.2) is 7.37 Å². The number of hydrogen-bond donors (Lipinski definition) is 1. The summed E-state index contributed by atoms with van der Waals surface area (Å²) < 4.78 is 16.7. The summed E-state index contributed by atoms with van der Waals surface area (Å²) in [5.74, 6) is 0. The summed E-state index contributed by atoms with van der Waals surface area (Å²) in [4.78, 5) is 0. The molecule has 0 spiro atoms. The van der Waals surface area contributed by atoms with E-state index in [9.17, 15) is 4.57 Å². The van der Waals surface area contributed by atoms with Crippen molar-refractivity contribution in [2.24, 2.45) is 0 Å². The normalized spacial score (nSPS) is 15.5. The topological polar surface area (TPSA) is 62.1 Å². The maximum atomic E-state index is 11.8. The standard InChI is InChI=1S/C14H21N2O2P/c1-12-4-6-13(7-5-12)11-16-14(10-15)8-9-19(3,17)18-2/h4-7,14,16H,8-9,11H2,1-3H3. The zero-order valence-electron chi connectivity index (χ0n) is 11.7. The fourth-order valence-electron chi connectivity index (χ4n) is 1.61. The van der Waals surface area contributed by atoms with Crippen molar-refractivity contribution in [1.29, 1.82) is 5.26 Å². The minimum absolute atomic E-state index is 0.301. The minimum atomic E-state index is -2.53. The van der Waals surface area contributed by atoms with Crippen molar-refractivity contribution < 1.29 is 9.09 Å². The lowest BCUT2D eigenvalue weighted by atomic mass is 10.1. The van der Waals surface area contributed by atoms with Crippen LogP contribution in [-0.2, 0) is 15.6 Å². The Morgan fingerprint density at radius 2 is 2.05 bits per heavy atom. The molecular weight excluding hydrogens is 259 g/mol. The molecule has 2 unspecified atom stereocenters. The zero-order valence-corrected chi connectivity index (χ0v) is 12.6. The lowest BCUT2D eigenvalue weighted by Gasteiger charge is -2.14. The molecule has 0 aromatic heterocycles. The highest BCUT2D eigenvalue weighted by molar-refractivity contribution is 7.58. The van der Waals surface area contributed by atoms with E-state index in [1.807, 2.05) is 31.2 Å². The SMILES string of the molecule is COP(C)(=O)CCC(C#N)NCc1ccc(C)cc1. The van der Waals surface area contributed by atoms with Gasteiger partial charge in [0.05, 0.1) is 12.1 Å². The first-order valence-electron chi connectivity index (χ1n) is 6.27. The van der Waals surface area contributed by atoms with Crippen LogP contribution in [0.4, 0.5) is 0 Å². The quantitative estimate of drug-likeness (QED) is 0.780. The maximum absolute atomic E-state index is 11.8. The summed E-state index contributed by atoms with van der Waals surface area (Å²) in [5.41, 5.74) is 2.35. The summed E-state index contributed by atoms with van der Waals surface area (Å²) in [6, 6.07) is 10.1. The average Bonchev–Trinajstić information content (AvgIpc) is 2.41. The Morgan fingerprint density at radius 1 is 1.42 bits per heavy atom. The third-order valence-electron chi connectivity index (χ3n) is 3.04. The molecule has 2 atom stereocenters. The van der Waals surface area contributed by atoms with Crippen molar-refractivity contribution in [1.82, 2.24) is 5.32 Å². The molecule has 4 nitrogen and oxygen atoms in total. The Balaban J connectivity index is 2.43. The van der Waals surface area contributed by atoms with Crippen LogP contribution in [0.2, 0.25) is 0 Å². The Hall–Kier alpha value is -1.14. The number of nitrogens with zero attached hydrogens (tertiary/aromatic N) is 1. The fourth-order valence-corrected chi connectivity index (χ4v) is 2.52. The first-order chi connectivity index (χ1) is 8.96. The Kier molecular flexibility index (Phi) is 6.24. The Bertz CT molecular complexity index is 479. The van der Waals surface area contributed by atoms with Gasteiger partial charge in [-0.1, -0.05) is 29.8 Å². The lowest BCUT2D eigenvalue weighted by Crippen LogP contribution is -2.28. The first kappa shape index (κ1) is 15.9. The van der Waals surface area contributed by atoms with E-state index in [0.717, 1.165) is 5.56 Å². The largest absolute Gasteiger partial charge is 0.332 e. The van der Waals surface area contributed by atoms with E-state index >= 15 is 0 Å². The van der Waals surface area contributed by atoms with E-state index in [-0.39, 0.29) is 6.04 Å². The second-order valence-corrected chi connectivity index (χ2v) is 7.60. The summed E-state index contributed by atoms with van der Waals surface area (Å²) >= 11 is 0. The van der Waals surface area contributed by atoms with Gasteiger partial charge in [-0.15, -0.1) is 0 Å². The smallest absolute Gasteiger partial charge is 0.200 e. The van der Waals surface area contributed by atoms with Gasteiger partial charge < -0.3 is 4.52 Å². The number of nitrogens with one attached hydrogen (secondary N) is 1. The molecular formula is C14H21N2O2P. The zero-order chi connectivity index (χ0) is 14.3. The molecule has 19 heavy (non-hydrogen) atoms. The molecule has 0 radical (unpaired) electrons. The van der Waals surface area contributed by atoms with Gasteiger partial charge in [-0.3, -0.25) is 9.88 Å². The van der Waals surface area contributed by atoms with Crippen molar-refractivity contribution in [3.63, 3.8) is 0 Å².